The topological polar surface area (TPSA) is 57.9 Å². The standard InChI is InChI=1S/C30H34N2O3/c1-22-28-20-26(34)12-15-29(28)32(30(22)24-8-10-25(33)11-9-24)21-23-6-13-27(14-7-23)35-19-18-31-16-4-2-3-5-17-31/h6-15,20,33-34H,2-5,16-19,21H2,1H3/i/hD2. The number of hydrogen-bond donors (Lipinski definition) is 2. The van der Waals surface area contributed by atoms with Gasteiger partial charge in [0.15, 0.2) is 0 Å². The van der Waals surface area contributed by atoms with Crippen LogP contribution in [0.2, 0.25) is 0 Å². The molecule has 1 fully saturated rings. The van der Waals surface area contributed by atoms with Crippen LogP contribution in [0.3, 0.4) is 0 Å². The fourth-order valence-electron chi connectivity index (χ4n) is 5.18. The highest BCUT2D eigenvalue weighted by atomic mass is 16.5. The van der Waals surface area contributed by atoms with E-state index in [1.165, 1.54) is 44.3 Å². The number of aryl methyl sites for hydroxylation is 1. The van der Waals surface area contributed by atoms with E-state index in [0.717, 1.165) is 40.0 Å². The third kappa shape index (κ3) is 5.30. The zero-order valence-electron chi connectivity index (χ0n) is 22.3. The number of benzene rings is 3. The van der Waals surface area contributed by atoms with E-state index in [4.69, 9.17) is 12.7 Å². The lowest BCUT2D eigenvalue weighted by Gasteiger charge is -2.19. The molecule has 0 saturated carbocycles. The normalized spacial score (nSPS) is 15.3. The maximum absolute atomic E-state index is 7.32. The van der Waals surface area contributed by atoms with Gasteiger partial charge in [0.2, 0.25) is 0 Å². The lowest BCUT2D eigenvalue weighted by Crippen LogP contribution is -2.29. The van der Waals surface area contributed by atoms with Crippen LogP contribution in [-0.2, 0) is 6.54 Å². The number of nitrogens with zero attached hydrogens (tertiary/aromatic N) is 2. The molecule has 1 aliphatic heterocycles. The Morgan fingerprint density at radius 3 is 2.29 bits per heavy atom. The van der Waals surface area contributed by atoms with Gasteiger partial charge >= 0.3 is 0 Å². The highest BCUT2D eigenvalue weighted by molar-refractivity contribution is 5.92. The maximum atomic E-state index is 7.32. The summed E-state index contributed by atoms with van der Waals surface area (Å²) in [5.74, 6) is 1.91. The number of likely N-dealkylation sites (tertiary alicyclic amines) is 1. The summed E-state index contributed by atoms with van der Waals surface area (Å²) in [5.41, 5.74) is 5.49. The van der Waals surface area contributed by atoms with Crippen LogP contribution < -0.4 is 4.74 Å². The average Bonchev–Trinajstić information content (AvgIpc) is 3.08. The number of aromatic nitrogens is 1. The van der Waals surface area contributed by atoms with Crippen molar-refractivity contribution in [1.82, 2.24) is 9.47 Å². The van der Waals surface area contributed by atoms with Crippen molar-refractivity contribution in [2.75, 3.05) is 26.2 Å². The summed E-state index contributed by atoms with van der Waals surface area (Å²) in [7, 11) is 0. The Balaban J connectivity index is 1.37. The molecule has 0 unspecified atom stereocenters. The van der Waals surface area contributed by atoms with E-state index in [-0.39, 0.29) is 0 Å². The molecule has 1 saturated heterocycles. The minimum atomic E-state index is 0.500. The molecular weight excluding hydrogens is 436 g/mol. The Bertz CT molecular complexity index is 1310. The van der Waals surface area contributed by atoms with E-state index in [0.29, 0.717) is 24.7 Å². The van der Waals surface area contributed by atoms with Crippen LogP contribution in [0, 0.1) is 6.92 Å². The van der Waals surface area contributed by atoms with Gasteiger partial charge in [-0.2, -0.15) is 0 Å². The van der Waals surface area contributed by atoms with Crippen molar-refractivity contribution in [3.8, 4) is 28.5 Å². The molecule has 5 rings (SSSR count). The van der Waals surface area contributed by atoms with Crippen molar-refractivity contribution in [3.63, 3.8) is 0 Å². The van der Waals surface area contributed by atoms with Crippen LogP contribution >= 0.6 is 0 Å². The van der Waals surface area contributed by atoms with Gasteiger partial charge in [-0.15, -0.1) is 0 Å². The molecular formula is C30H34N2O3. The van der Waals surface area contributed by atoms with Gasteiger partial charge in [0.05, 0.1) is 5.69 Å². The van der Waals surface area contributed by atoms with Gasteiger partial charge in [0.1, 0.15) is 23.9 Å². The highest BCUT2D eigenvalue weighted by Gasteiger charge is 2.17. The maximum Gasteiger partial charge on any atom is 0.293 e. The van der Waals surface area contributed by atoms with Gasteiger partial charge in [-0.05, 0) is 104 Å². The summed E-state index contributed by atoms with van der Waals surface area (Å²) in [6, 6.07) is 21.7. The van der Waals surface area contributed by atoms with Gasteiger partial charge < -0.3 is 19.5 Å². The van der Waals surface area contributed by atoms with E-state index in [2.05, 4.69) is 45.8 Å². The zero-order chi connectivity index (χ0) is 25.6. The lowest BCUT2D eigenvalue weighted by atomic mass is 10.1. The number of phenols is 2. The third-order valence-corrected chi connectivity index (χ3v) is 7.05. The quantitative estimate of drug-likeness (QED) is 0.299. The predicted molar refractivity (Wildman–Crippen MR) is 141 cm³/mol. The van der Waals surface area contributed by atoms with Crippen molar-refractivity contribution in [3.05, 3.63) is 77.9 Å². The smallest absolute Gasteiger partial charge is 0.293 e. The Kier molecular flexibility index (Phi) is 6.24. The van der Waals surface area contributed by atoms with Crippen molar-refractivity contribution in [1.29, 1.82) is 2.86 Å². The summed E-state index contributed by atoms with van der Waals surface area (Å²) in [5, 5.41) is 10.4. The first-order chi connectivity index (χ1) is 18.2. The van der Waals surface area contributed by atoms with Crippen LogP contribution in [0.5, 0.6) is 17.2 Å². The third-order valence-electron chi connectivity index (χ3n) is 7.05. The molecule has 3 aromatic carbocycles. The van der Waals surface area contributed by atoms with E-state index < -0.39 is 0 Å². The van der Waals surface area contributed by atoms with Gasteiger partial charge in [-0.1, -0.05) is 25.0 Å². The number of rotatable bonds is 9. The molecule has 0 atom stereocenters. The fourth-order valence-corrected chi connectivity index (χ4v) is 5.18. The van der Waals surface area contributed by atoms with Crippen molar-refractivity contribution < 1.29 is 15.0 Å². The number of hydrogen-bond acceptors (Lipinski definition) is 4. The summed E-state index contributed by atoms with van der Waals surface area (Å²) >= 11 is 0. The molecule has 2 N–H and O–H groups in total. The molecule has 35 heavy (non-hydrogen) atoms. The van der Waals surface area contributed by atoms with E-state index >= 15 is 0 Å². The van der Waals surface area contributed by atoms with Crippen molar-refractivity contribution >= 4 is 10.9 Å². The molecule has 1 aromatic heterocycles. The van der Waals surface area contributed by atoms with E-state index in [9.17, 15) is 0 Å². The summed E-state index contributed by atoms with van der Waals surface area (Å²) in [4.78, 5) is 2.52. The summed E-state index contributed by atoms with van der Waals surface area (Å²) < 4.78 is 22.8. The first kappa shape index (κ1) is 20.9. The minimum absolute atomic E-state index is 0.500. The summed E-state index contributed by atoms with van der Waals surface area (Å²) in [6.45, 7) is 6.84. The molecule has 5 heteroatoms. The van der Waals surface area contributed by atoms with Crippen LogP contribution in [-0.4, -0.2) is 48.8 Å². The van der Waals surface area contributed by atoms with Gasteiger partial charge in [0.25, 0.3) is 2.86 Å². The van der Waals surface area contributed by atoms with Crippen LogP contribution in [0.1, 0.15) is 36.8 Å². The molecule has 182 valence electrons. The second-order valence-electron chi connectivity index (χ2n) is 9.51. The molecule has 0 amide bonds. The minimum Gasteiger partial charge on any atom is -0.508 e. The van der Waals surface area contributed by atoms with Crippen molar-refractivity contribution in [2.45, 2.75) is 39.2 Å². The Morgan fingerprint density at radius 2 is 1.57 bits per heavy atom. The molecule has 5 nitrogen and oxygen atoms in total. The van der Waals surface area contributed by atoms with Crippen LogP contribution in [0.25, 0.3) is 22.2 Å². The zero-order valence-corrected chi connectivity index (χ0v) is 20.3. The average molecular weight is 473 g/mol. The predicted octanol–water partition coefficient (Wildman–Crippen LogP) is 6.33. The van der Waals surface area contributed by atoms with E-state index in [1.807, 2.05) is 30.3 Å². The molecule has 0 bridgehead atoms. The molecule has 0 spiro atoms. The summed E-state index contributed by atoms with van der Waals surface area (Å²) in [6.07, 6.45) is 5.29. The first-order valence-corrected chi connectivity index (χ1v) is 12.6. The Hall–Kier alpha value is -3.44. The number of aromatic hydroxyl groups is 2. The Morgan fingerprint density at radius 1 is 0.857 bits per heavy atom. The fraction of sp³-hybridized carbons (Fsp3) is 0.333. The molecule has 0 aliphatic carbocycles. The molecule has 4 aromatic rings. The first-order valence-electron chi connectivity index (χ1n) is 13.4. The monoisotopic (exact) mass is 472 g/mol. The van der Waals surface area contributed by atoms with Crippen LogP contribution in [0.4, 0.5) is 0 Å². The second-order valence-corrected chi connectivity index (χ2v) is 9.51. The van der Waals surface area contributed by atoms with Gasteiger partial charge in [-0.25, -0.2) is 0 Å². The molecule has 0 radical (unpaired) electrons. The Labute approximate surface area is 210 Å². The van der Waals surface area contributed by atoms with E-state index in [1.54, 1.807) is 12.1 Å². The lowest BCUT2D eigenvalue weighted by molar-refractivity contribution is 0.214. The molecule has 2 heterocycles. The van der Waals surface area contributed by atoms with Crippen molar-refractivity contribution in [2.24, 2.45) is 0 Å². The largest absolute Gasteiger partial charge is 0.508 e. The van der Waals surface area contributed by atoms with Crippen LogP contribution in [0.15, 0.2) is 66.7 Å². The SMILES string of the molecule is [2H]Oc1ccc(-c2c(C)c3cc(O[2H])ccc3n2Cc2ccc(OCCN3CCCCCC3)cc2)cc1. The number of fused-ring (bicyclic) bond motifs is 1. The number of phenolic OH excluding ortho intramolecular Hbond substituents is 2. The van der Waals surface area contributed by atoms with Gasteiger partial charge in [-0.3, -0.25) is 4.90 Å². The second kappa shape index (κ2) is 10.4. The highest BCUT2D eigenvalue weighted by Crippen LogP contribution is 2.36. The molecule has 1 aliphatic rings. The number of ether oxygens (including phenoxy) is 1. The van der Waals surface area contributed by atoms with Gasteiger partial charge in [0, 0.05) is 24.0 Å².